The van der Waals surface area contributed by atoms with Gasteiger partial charge in [-0.15, -0.1) is 0 Å². The summed E-state index contributed by atoms with van der Waals surface area (Å²) in [6.45, 7) is 2.42. The first-order valence-corrected chi connectivity index (χ1v) is 9.96. The lowest BCUT2D eigenvalue weighted by Gasteiger charge is -2.18. The summed E-state index contributed by atoms with van der Waals surface area (Å²) in [6, 6.07) is 11.7. The van der Waals surface area contributed by atoms with E-state index in [1.165, 1.54) is 12.8 Å². The van der Waals surface area contributed by atoms with Crippen LogP contribution >= 0.6 is 0 Å². The van der Waals surface area contributed by atoms with Crippen molar-refractivity contribution in [3.05, 3.63) is 42.1 Å². The molecular weight excluding hydrogens is 356 g/mol. The van der Waals surface area contributed by atoms with Gasteiger partial charge in [0.25, 0.3) is 0 Å². The molecule has 7 heteroatoms. The molecule has 0 aliphatic heterocycles. The number of nitrogens with zero attached hydrogens (tertiary/aromatic N) is 3. The zero-order chi connectivity index (χ0) is 19.9. The first-order chi connectivity index (χ1) is 13.6. The first-order valence-electron chi connectivity index (χ1n) is 9.96. The maximum absolute atomic E-state index is 12.6. The van der Waals surface area contributed by atoms with Crippen molar-refractivity contribution in [3.63, 3.8) is 0 Å². The van der Waals surface area contributed by atoms with Crippen LogP contribution in [0.15, 0.2) is 36.4 Å². The Labute approximate surface area is 165 Å². The maximum atomic E-state index is 12.6. The second kappa shape index (κ2) is 9.50. The molecule has 0 spiro atoms. The summed E-state index contributed by atoms with van der Waals surface area (Å²) < 4.78 is 1.77. The summed E-state index contributed by atoms with van der Waals surface area (Å²) in [7, 11) is 0. The van der Waals surface area contributed by atoms with E-state index in [0.717, 1.165) is 30.6 Å². The van der Waals surface area contributed by atoms with Crippen molar-refractivity contribution in [3.8, 4) is 5.69 Å². The number of hydrogen-bond acceptors (Lipinski definition) is 4. The van der Waals surface area contributed by atoms with Crippen LogP contribution in [-0.2, 0) is 9.59 Å². The van der Waals surface area contributed by atoms with Gasteiger partial charge in [-0.25, -0.2) is 4.68 Å². The zero-order valence-electron chi connectivity index (χ0n) is 16.3. The number of amides is 1. The van der Waals surface area contributed by atoms with E-state index < -0.39 is 5.97 Å². The van der Waals surface area contributed by atoms with Gasteiger partial charge in [0.05, 0.1) is 24.5 Å². The van der Waals surface area contributed by atoms with Crippen LogP contribution in [0, 0.1) is 0 Å². The Kier molecular flexibility index (Phi) is 6.81. The van der Waals surface area contributed by atoms with Gasteiger partial charge >= 0.3 is 5.97 Å². The molecule has 2 aromatic rings. The molecule has 2 N–H and O–H groups in total. The van der Waals surface area contributed by atoms with Gasteiger partial charge in [0, 0.05) is 12.0 Å². The lowest BCUT2D eigenvalue weighted by molar-refractivity contribution is -0.138. The molecule has 1 saturated carbocycles. The lowest BCUT2D eigenvalue weighted by atomic mass is 10.0. The molecule has 0 bridgehead atoms. The number of rotatable bonds is 9. The Hall–Kier alpha value is -2.67. The molecule has 1 heterocycles. The predicted molar refractivity (Wildman–Crippen MR) is 108 cm³/mol. The van der Waals surface area contributed by atoms with Gasteiger partial charge in [-0.05, 0) is 37.9 Å². The monoisotopic (exact) mass is 384 g/mol. The highest BCUT2D eigenvalue weighted by Crippen LogP contribution is 2.35. The molecule has 0 saturated heterocycles. The van der Waals surface area contributed by atoms with Crippen molar-refractivity contribution in [2.45, 2.75) is 44.9 Å². The van der Waals surface area contributed by atoms with Crippen LogP contribution in [0.2, 0.25) is 0 Å². The summed E-state index contributed by atoms with van der Waals surface area (Å²) in [5.74, 6) is -0.0991. The molecule has 1 amide bonds. The Bertz CT molecular complexity index is 797. The van der Waals surface area contributed by atoms with Gasteiger partial charge in [-0.2, -0.15) is 5.10 Å². The zero-order valence-corrected chi connectivity index (χ0v) is 16.3. The number of carbonyl (C=O) groups excluding carboxylic acids is 1. The molecule has 1 aliphatic carbocycles. The summed E-state index contributed by atoms with van der Waals surface area (Å²) in [5.41, 5.74) is 1.89. The number of nitrogens with one attached hydrogen (secondary N) is 1. The van der Waals surface area contributed by atoms with Gasteiger partial charge in [0.2, 0.25) is 5.91 Å². The van der Waals surface area contributed by atoms with Gasteiger partial charge in [0.15, 0.2) is 0 Å². The minimum atomic E-state index is -0.931. The second-order valence-corrected chi connectivity index (χ2v) is 7.34. The van der Waals surface area contributed by atoms with Crippen LogP contribution in [0.5, 0.6) is 0 Å². The highest BCUT2D eigenvalue weighted by molar-refractivity contribution is 5.92. The second-order valence-electron chi connectivity index (χ2n) is 7.34. The lowest BCUT2D eigenvalue weighted by Crippen LogP contribution is -2.37. The van der Waals surface area contributed by atoms with Crippen LogP contribution in [0.3, 0.4) is 0 Å². The predicted octanol–water partition coefficient (Wildman–Crippen LogP) is 3.27. The highest BCUT2D eigenvalue weighted by atomic mass is 16.4. The van der Waals surface area contributed by atoms with Crippen LogP contribution in [0.1, 0.15) is 50.6 Å². The Morgan fingerprint density at radius 1 is 1.21 bits per heavy atom. The van der Waals surface area contributed by atoms with E-state index in [2.05, 4.69) is 5.32 Å². The van der Waals surface area contributed by atoms with Crippen LogP contribution < -0.4 is 5.32 Å². The van der Waals surface area contributed by atoms with Gasteiger partial charge < -0.3 is 10.4 Å². The Balaban J connectivity index is 1.79. The van der Waals surface area contributed by atoms with E-state index >= 15 is 0 Å². The Morgan fingerprint density at radius 2 is 1.93 bits per heavy atom. The van der Waals surface area contributed by atoms with Crippen molar-refractivity contribution in [1.82, 2.24) is 14.7 Å². The third-order valence-electron chi connectivity index (χ3n) is 5.04. The van der Waals surface area contributed by atoms with Crippen molar-refractivity contribution in [1.29, 1.82) is 0 Å². The fourth-order valence-corrected chi connectivity index (χ4v) is 3.78. The fourth-order valence-electron chi connectivity index (χ4n) is 3.78. The fraction of sp³-hybridized carbons (Fsp3) is 0.476. The van der Waals surface area contributed by atoms with Crippen LogP contribution in [-0.4, -0.2) is 51.3 Å². The molecule has 0 radical (unpaired) electrons. The average Bonchev–Trinajstić information content (AvgIpc) is 3.31. The molecule has 150 valence electrons. The average molecular weight is 384 g/mol. The van der Waals surface area contributed by atoms with Gasteiger partial charge in [-0.1, -0.05) is 38.0 Å². The van der Waals surface area contributed by atoms with E-state index in [4.69, 9.17) is 10.2 Å². The third-order valence-corrected chi connectivity index (χ3v) is 5.04. The standard InChI is InChI=1S/C21H28N4O3/c1-2-12-24(15-21(27)28)14-20(26)22-19-13-18(16-8-6-7-9-16)23-25(19)17-10-4-3-5-11-17/h3-5,10-11,13,16H,2,6-9,12,14-15H2,1H3,(H,22,26)(H,27,28). The summed E-state index contributed by atoms with van der Waals surface area (Å²) >= 11 is 0. The third kappa shape index (κ3) is 5.19. The molecule has 1 aromatic heterocycles. The molecule has 0 unspecified atom stereocenters. The van der Waals surface area contributed by atoms with Crippen molar-refractivity contribution >= 4 is 17.7 Å². The number of aromatic nitrogens is 2. The smallest absolute Gasteiger partial charge is 0.317 e. The van der Waals surface area contributed by atoms with E-state index in [1.54, 1.807) is 9.58 Å². The molecule has 7 nitrogen and oxygen atoms in total. The number of para-hydroxylation sites is 1. The summed E-state index contributed by atoms with van der Waals surface area (Å²) in [4.78, 5) is 25.3. The number of aliphatic carboxylic acids is 1. The maximum Gasteiger partial charge on any atom is 0.317 e. The number of carboxylic acid groups (broad SMARTS) is 1. The molecular formula is C21H28N4O3. The minimum absolute atomic E-state index is 0.0405. The van der Waals surface area contributed by atoms with Crippen LogP contribution in [0.4, 0.5) is 5.82 Å². The van der Waals surface area contributed by atoms with E-state index in [0.29, 0.717) is 18.3 Å². The number of benzene rings is 1. The van der Waals surface area contributed by atoms with Gasteiger partial charge in [-0.3, -0.25) is 14.5 Å². The summed E-state index contributed by atoms with van der Waals surface area (Å²) in [5, 5.41) is 16.8. The normalized spacial score (nSPS) is 14.5. The first kappa shape index (κ1) is 20.1. The molecule has 3 rings (SSSR count). The van der Waals surface area contributed by atoms with Crippen LogP contribution in [0.25, 0.3) is 5.69 Å². The van der Waals surface area contributed by atoms with E-state index in [1.807, 2.05) is 43.3 Å². The molecule has 1 aliphatic rings. The number of anilines is 1. The van der Waals surface area contributed by atoms with Crippen molar-refractivity contribution < 1.29 is 14.7 Å². The minimum Gasteiger partial charge on any atom is -0.480 e. The molecule has 1 aromatic carbocycles. The quantitative estimate of drug-likeness (QED) is 0.693. The Morgan fingerprint density at radius 3 is 2.57 bits per heavy atom. The number of carboxylic acids is 1. The largest absolute Gasteiger partial charge is 0.480 e. The molecule has 0 atom stereocenters. The van der Waals surface area contributed by atoms with Crippen molar-refractivity contribution in [2.24, 2.45) is 0 Å². The topological polar surface area (TPSA) is 87.5 Å². The SMILES string of the molecule is CCCN(CC(=O)O)CC(=O)Nc1cc(C2CCCC2)nn1-c1ccccc1. The van der Waals surface area contributed by atoms with E-state index in [-0.39, 0.29) is 19.0 Å². The van der Waals surface area contributed by atoms with E-state index in [9.17, 15) is 9.59 Å². The number of hydrogen-bond donors (Lipinski definition) is 2. The highest BCUT2D eigenvalue weighted by Gasteiger charge is 2.23. The number of carbonyl (C=O) groups is 2. The molecule has 1 fully saturated rings. The van der Waals surface area contributed by atoms with Gasteiger partial charge in [0.1, 0.15) is 5.82 Å². The molecule has 28 heavy (non-hydrogen) atoms. The summed E-state index contributed by atoms with van der Waals surface area (Å²) in [6.07, 6.45) is 5.47. The van der Waals surface area contributed by atoms with Crippen molar-refractivity contribution in [2.75, 3.05) is 25.0 Å².